The van der Waals surface area contributed by atoms with Crippen LogP contribution in [0.15, 0.2) is 36.7 Å². The van der Waals surface area contributed by atoms with Gasteiger partial charge in [-0.25, -0.2) is 0 Å². The van der Waals surface area contributed by atoms with E-state index in [0.29, 0.717) is 12.1 Å². The number of benzene rings is 1. The average Bonchev–Trinajstić information content (AvgIpc) is 3.08. The normalized spacial score (nSPS) is 19.3. The zero-order valence-corrected chi connectivity index (χ0v) is 16.3. The Morgan fingerprint density at radius 2 is 2.00 bits per heavy atom. The number of rotatable bonds is 7. The van der Waals surface area contributed by atoms with Gasteiger partial charge in [-0.3, -0.25) is 14.5 Å². The van der Waals surface area contributed by atoms with Crippen molar-refractivity contribution in [2.45, 2.75) is 52.4 Å². The molecular weight excluding hydrogens is 324 g/mol. The van der Waals surface area contributed by atoms with Crippen LogP contribution in [0, 0.1) is 6.92 Å². The number of aromatic nitrogens is 2. The van der Waals surface area contributed by atoms with E-state index in [1.807, 2.05) is 10.9 Å². The van der Waals surface area contributed by atoms with Crippen LogP contribution in [0.4, 0.5) is 0 Å². The number of aliphatic hydroxyl groups is 1. The zero-order valence-electron chi connectivity index (χ0n) is 16.3. The summed E-state index contributed by atoms with van der Waals surface area (Å²) in [5, 5.41) is 14.0. The summed E-state index contributed by atoms with van der Waals surface area (Å²) in [5.74, 6) is 0. The predicted molar refractivity (Wildman–Crippen MR) is 105 cm³/mol. The summed E-state index contributed by atoms with van der Waals surface area (Å²) >= 11 is 0. The van der Waals surface area contributed by atoms with Gasteiger partial charge in [-0.1, -0.05) is 24.3 Å². The largest absolute Gasteiger partial charge is 0.396 e. The highest BCUT2D eigenvalue weighted by Crippen LogP contribution is 2.20. The summed E-state index contributed by atoms with van der Waals surface area (Å²) in [5.41, 5.74) is 4.01. The summed E-state index contributed by atoms with van der Waals surface area (Å²) in [4.78, 5) is 5.03. The first-order chi connectivity index (χ1) is 12.6. The predicted octanol–water partition coefficient (Wildman–Crippen LogP) is 2.84. The molecule has 0 bridgehead atoms. The van der Waals surface area contributed by atoms with Gasteiger partial charge >= 0.3 is 0 Å². The minimum Gasteiger partial charge on any atom is -0.396 e. The summed E-state index contributed by atoms with van der Waals surface area (Å²) < 4.78 is 2.02. The van der Waals surface area contributed by atoms with E-state index in [-0.39, 0.29) is 6.61 Å². The van der Waals surface area contributed by atoms with Crippen LogP contribution in [0.3, 0.4) is 0 Å². The number of piperazine rings is 1. The lowest BCUT2D eigenvalue weighted by Crippen LogP contribution is -2.52. The molecule has 5 heteroatoms. The summed E-state index contributed by atoms with van der Waals surface area (Å²) in [7, 11) is 0. The Bertz CT molecular complexity index is 697. The first kappa shape index (κ1) is 19.1. The molecule has 1 aliphatic rings. The molecular formula is C21H32N4O. The number of hydrogen-bond donors (Lipinski definition) is 1. The van der Waals surface area contributed by atoms with Crippen molar-refractivity contribution in [1.82, 2.24) is 19.6 Å². The number of aryl methyl sites for hydroxylation is 1. The second kappa shape index (κ2) is 8.80. The fourth-order valence-electron chi connectivity index (χ4n) is 3.74. The van der Waals surface area contributed by atoms with Gasteiger partial charge in [0.25, 0.3) is 0 Å². The highest BCUT2D eigenvalue weighted by Gasteiger charge is 2.27. The van der Waals surface area contributed by atoms with Crippen LogP contribution >= 0.6 is 0 Å². The molecule has 0 unspecified atom stereocenters. The van der Waals surface area contributed by atoms with Gasteiger partial charge in [-0.2, -0.15) is 5.10 Å². The molecule has 1 atom stereocenters. The molecule has 142 valence electrons. The van der Waals surface area contributed by atoms with Crippen LogP contribution in [0.5, 0.6) is 0 Å². The van der Waals surface area contributed by atoms with E-state index in [4.69, 9.17) is 0 Å². The Morgan fingerprint density at radius 1 is 1.19 bits per heavy atom. The summed E-state index contributed by atoms with van der Waals surface area (Å²) in [6, 6.07) is 9.41. The highest BCUT2D eigenvalue weighted by atomic mass is 16.3. The summed E-state index contributed by atoms with van der Waals surface area (Å²) in [6.45, 7) is 11.7. The molecule has 2 aromatic rings. The van der Waals surface area contributed by atoms with E-state index in [9.17, 15) is 5.11 Å². The molecule has 0 spiro atoms. The number of aliphatic hydroxyl groups excluding tert-OH is 1. The van der Waals surface area contributed by atoms with Gasteiger partial charge in [-0.05, 0) is 38.3 Å². The SMILES string of the molecule is Cc1ccccc1CN1CCN(Cc2cnn(C(C)C)c2)C[C@H]1CCO. The standard InChI is InChI=1S/C21H32N4O/c1-17(2)25-14-19(12-22-25)13-23-9-10-24(21(16-23)8-11-26)15-20-7-5-4-6-18(20)3/h4-7,12,14,17,21,26H,8-11,13,15-16H2,1-3H3/t21-/m1/s1. The average molecular weight is 357 g/mol. The van der Waals surface area contributed by atoms with Crippen molar-refractivity contribution in [2.75, 3.05) is 26.2 Å². The smallest absolute Gasteiger partial charge is 0.0534 e. The van der Waals surface area contributed by atoms with Gasteiger partial charge < -0.3 is 5.11 Å². The van der Waals surface area contributed by atoms with Gasteiger partial charge in [0.1, 0.15) is 0 Å². The third-order valence-corrected chi connectivity index (χ3v) is 5.38. The molecule has 1 N–H and O–H groups in total. The maximum absolute atomic E-state index is 9.54. The van der Waals surface area contributed by atoms with Crippen LogP contribution in [0.1, 0.15) is 43.0 Å². The Kier molecular flexibility index (Phi) is 6.46. The minimum absolute atomic E-state index is 0.244. The van der Waals surface area contributed by atoms with Crippen molar-refractivity contribution in [2.24, 2.45) is 0 Å². The second-order valence-corrected chi connectivity index (χ2v) is 7.72. The first-order valence-electron chi connectivity index (χ1n) is 9.71. The number of hydrogen-bond acceptors (Lipinski definition) is 4. The molecule has 1 aromatic heterocycles. The monoisotopic (exact) mass is 356 g/mol. The van der Waals surface area contributed by atoms with E-state index in [1.165, 1.54) is 16.7 Å². The van der Waals surface area contributed by atoms with Crippen LogP contribution < -0.4 is 0 Å². The van der Waals surface area contributed by atoms with E-state index in [0.717, 1.165) is 39.1 Å². The molecule has 0 amide bonds. The van der Waals surface area contributed by atoms with Gasteiger partial charge in [0, 0.05) is 63.2 Å². The molecule has 1 saturated heterocycles. The highest BCUT2D eigenvalue weighted by molar-refractivity contribution is 5.25. The second-order valence-electron chi connectivity index (χ2n) is 7.72. The number of nitrogens with zero attached hydrogens (tertiary/aromatic N) is 4. The van der Waals surface area contributed by atoms with Crippen LogP contribution in [0.25, 0.3) is 0 Å². The molecule has 26 heavy (non-hydrogen) atoms. The van der Waals surface area contributed by atoms with Crippen LogP contribution in [-0.2, 0) is 13.1 Å². The Balaban J connectivity index is 1.62. The lowest BCUT2D eigenvalue weighted by atomic mass is 10.0. The van der Waals surface area contributed by atoms with Crippen molar-refractivity contribution < 1.29 is 5.11 Å². The Labute approximate surface area is 157 Å². The van der Waals surface area contributed by atoms with E-state index >= 15 is 0 Å². The maximum Gasteiger partial charge on any atom is 0.0534 e. The third-order valence-electron chi connectivity index (χ3n) is 5.38. The molecule has 0 radical (unpaired) electrons. The van der Waals surface area contributed by atoms with Gasteiger partial charge in [0.2, 0.25) is 0 Å². The van der Waals surface area contributed by atoms with Crippen LogP contribution in [-0.4, -0.2) is 57.0 Å². The summed E-state index contributed by atoms with van der Waals surface area (Å²) in [6.07, 6.45) is 4.97. The molecule has 1 fully saturated rings. The first-order valence-corrected chi connectivity index (χ1v) is 9.71. The molecule has 5 nitrogen and oxygen atoms in total. The zero-order chi connectivity index (χ0) is 18.5. The fraction of sp³-hybridized carbons (Fsp3) is 0.571. The molecule has 0 aliphatic carbocycles. The molecule has 2 heterocycles. The van der Waals surface area contributed by atoms with E-state index in [2.05, 4.69) is 66.1 Å². The van der Waals surface area contributed by atoms with Crippen LogP contribution in [0.2, 0.25) is 0 Å². The Hall–Kier alpha value is -1.69. The van der Waals surface area contributed by atoms with Gasteiger partial charge in [0.15, 0.2) is 0 Å². The molecule has 1 aliphatic heterocycles. The van der Waals surface area contributed by atoms with Crippen molar-refractivity contribution >= 4 is 0 Å². The van der Waals surface area contributed by atoms with Crippen molar-refractivity contribution in [3.63, 3.8) is 0 Å². The molecule has 3 rings (SSSR count). The lowest BCUT2D eigenvalue weighted by molar-refractivity contribution is 0.0498. The maximum atomic E-state index is 9.54. The lowest BCUT2D eigenvalue weighted by Gasteiger charge is -2.41. The third kappa shape index (κ3) is 4.72. The van der Waals surface area contributed by atoms with Gasteiger partial charge in [0.05, 0.1) is 6.20 Å². The molecule has 1 aromatic carbocycles. The topological polar surface area (TPSA) is 44.5 Å². The minimum atomic E-state index is 0.244. The fourth-order valence-corrected chi connectivity index (χ4v) is 3.74. The van der Waals surface area contributed by atoms with E-state index in [1.54, 1.807) is 0 Å². The van der Waals surface area contributed by atoms with E-state index < -0.39 is 0 Å². The molecule has 0 saturated carbocycles. The Morgan fingerprint density at radius 3 is 2.69 bits per heavy atom. The van der Waals surface area contributed by atoms with Crippen molar-refractivity contribution in [1.29, 1.82) is 0 Å². The van der Waals surface area contributed by atoms with Gasteiger partial charge in [-0.15, -0.1) is 0 Å². The van der Waals surface area contributed by atoms with Crippen molar-refractivity contribution in [3.05, 3.63) is 53.3 Å². The quantitative estimate of drug-likeness (QED) is 0.829. The van der Waals surface area contributed by atoms with Crippen molar-refractivity contribution in [3.8, 4) is 0 Å².